The molecule has 0 N–H and O–H groups in total. The zero-order valence-electron chi connectivity index (χ0n) is 19.5. The van der Waals surface area contributed by atoms with Gasteiger partial charge in [-0.15, -0.1) is 0 Å². The fourth-order valence-electron chi connectivity index (χ4n) is 6.04. The lowest BCUT2D eigenvalue weighted by atomic mass is 9.68. The van der Waals surface area contributed by atoms with Gasteiger partial charge in [0.15, 0.2) is 0 Å². The lowest BCUT2D eigenvalue weighted by Crippen LogP contribution is -2.31. The standard InChI is InChI=1S/C32H23NO3/c34-31-29-23(20-9-3-1-4-10-20)17-18-24(21-11-5-2-6-12-21)30(29)32(35)33(31)22-15-16-26-25-13-7-8-14-27(25)36-28(26)19-22/h1-19,23-24,29-30H/t23-,24-,29-,30-/m1/s1. The molecule has 2 amide bonds. The van der Waals surface area contributed by atoms with Crippen LogP contribution in [0.2, 0.25) is 0 Å². The molecule has 0 radical (unpaired) electrons. The first-order valence-electron chi connectivity index (χ1n) is 12.3. The molecular weight excluding hydrogens is 446 g/mol. The predicted molar refractivity (Wildman–Crippen MR) is 141 cm³/mol. The minimum Gasteiger partial charge on any atom is -0.456 e. The minimum atomic E-state index is -0.471. The second-order valence-corrected chi connectivity index (χ2v) is 9.60. The summed E-state index contributed by atoms with van der Waals surface area (Å²) < 4.78 is 6.06. The molecule has 4 heteroatoms. The van der Waals surface area contributed by atoms with Gasteiger partial charge in [0.05, 0.1) is 17.5 Å². The molecule has 2 heterocycles. The van der Waals surface area contributed by atoms with E-state index in [4.69, 9.17) is 4.42 Å². The highest BCUT2D eigenvalue weighted by Crippen LogP contribution is 2.50. The van der Waals surface area contributed by atoms with Crippen molar-refractivity contribution in [3.05, 3.63) is 126 Å². The predicted octanol–water partition coefficient (Wildman–Crippen LogP) is 6.83. The van der Waals surface area contributed by atoms with Crippen LogP contribution >= 0.6 is 0 Å². The van der Waals surface area contributed by atoms with Gasteiger partial charge in [-0.3, -0.25) is 9.59 Å². The van der Waals surface area contributed by atoms with E-state index in [1.807, 2.05) is 103 Å². The zero-order chi connectivity index (χ0) is 24.2. The zero-order valence-corrected chi connectivity index (χ0v) is 19.5. The van der Waals surface area contributed by atoms with Crippen LogP contribution in [0.4, 0.5) is 5.69 Å². The van der Waals surface area contributed by atoms with E-state index < -0.39 is 11.8 Å². The van der Waals surface area contributed by atoms with Crippen LogP contribution in [0.1, 0.15) is 23.0 Å². The molecule has 1 fully saturated rings. The second kappa shape index (κ2) is 8.06. The Balaban J connectivity index is 1.36. The average Bonchev–Trinajstić information content (AvgIpc) is 3.43. The number of carbonyl (C=O) groups excluding carboxylic acids is 2. The van der Waals surface area contributed by atoms with E-state index in [2.05, 4.69) is 12.2 Å². The number of amides is 2. The SMILES string of the molecule is O=C1[C@H]2[C@H](C(=O)N1c1ccc3c(c1)oc1ccccc13)[C@@H](c1ccccc1)C=C[C@@H]2c1ccccc1. The number of fused-ring (bicyclic) bond motifs is 4. The molecule has 5 aromatic rings. The van der Waals surface area contributed by atoms with Crippen LogP contribution in [0.15, 0.2) is 120 Å². The molecule has 4 aromatic carbocycles. The summed E-state index contributed by atoms with van der Waals surface area (Å²) in [7, 11) is 0. The number of imide groups is 1. The summed E-state index contributed by atoms with van der Waals surface area (Å²) in [6.45, 7) is 0. The van der Waals surface area contributed by atoms with Crippen LogP contribution in [0.25, 0.3) is 21.9 Å². The molecular formula is C32H23NO3. The molecule has 4 atom stereocenters. The van der Waals surface area contributed by atoms with Crippen LogP contribution in [0.3, 0.4) is 0 Å². The van der Waals surface area contributed by atoms with Gasteiger partial charge in [-0.2, -0.15) is 0 Å². The summed E-state index contributed by atoms with van der Waals surface area (Å²) in [5.74, 6) is -1.57. The van der Waals surface area contributed by atoms with Crippen molar-refractivity contribution in [2.75, 3.05) is 4.90 Å². The second-order valence-electron chi connectivity index (χ2n) is 9.60. The lowest BCUT2D eigenvalue weighted by molar-refractivity contribution is -0.122. The largest absolute Gasteiger partial charge is 0.456 e. The number of benzene rings is 4. The van der Waals surface area contributed by atoms with E-state index in [1.165, 1.54) is 4.90 Å². The first kappa shape index (κ1) is 20.9. The van der Waals surface area contributed by atoms with E-state index in [-0.39, 0.29) is 23.7 Å². The van der Waals surface area contributed by atoms with E-state index in [9.17, 15) is 9.59 Å². The Morgan fingerprint density at radius 1 is 0.556 bits per heavy atom. The van der Waals surface area contributed by atoms with Gasteiger partial charge in [-0.05, 0) is 29.3 Å². The highest BCUT2D eigenvalue weighted by molar-refractivity contribution is 6.23. The number of carbonyl (C=O) groups is 2. The number of anilines is 1. The molecule has 0 bridgehead atoms. The Morgan fingerprint density at radius 3 is 1.69 bits per heavy atom. The molecule has 174 valence electrons. The van der Waals surface area contributed by atoms with Gasteiger partial charge in [-0.25, -0.2) is 4.90 Å². The third kappa shape index (κ3) is 3.07. The minimum absolute atomic E-state index is 0.153. The molecule has 2 aliphatic rings. The van der Waals surface area contributed by atoms with Gasteiger partial charge in [0, 0.05) is 28.7 Å². The summed E-state index contributed by atoms with van der Waals surface area (Å²) in [6, 6.07) is 33.5. The molecule has 0 spiro atoms. The Kier molecular flexibility index (Phi) is 4.68. The summed E-state index contributed by atoms with van der Waals surface area (Å²) in [5.41, 5.74) is 4.11. The Morgan fingerprint density at radius 2 is 1.08 bits per heavy atom. The first-order chi connectivity index (χ1) is 17.7. The van der Waals surface area contributed by atoms with Crippen molar-refractivity contribution in [3.8, 4) is 0 Å². The van der Waals surface area contributed by atoms with Crippen LogP contribution in [-0.4, -0.2) is 11.8 Å². The lowest BCUT2D eigenvalue weighted by Gasteiger charge is -2.32. The summed E-state index contributed by atoms with van der Waals surface area (Å²) in [4.78, 5) is 29.5. The topological polar surface area (TPSA) is 50.5 Å². The van der Waals surface area contributed by atoms with Gasteiger partial charge in [0.2, 0.25) is 11.8 Å². The van der Waals surface area contributed by atoms with Crippen LogP contribution in [0.5, 0.6) is 0 Å². The molecule has 1 saturated heterocycles. The Bertz CT molecular complexity index is 1580. The molecule has 0 saturated carbocycles. The maximum absolute atomic E-state index is 14.1. The van der Waals surface area contributed by atoms with E-state index in [0.717, 1.165) is 27.5 Å². The number of hydrogen-bond acceptors (Lipinski definition) is 3. The van der Waals surface area contributed by atoms with Crippen molar-refractivity contribution in [3.63, 3.8) is 0 Å². The smallest absolute Gasteiger partial charge is 0.238 e. The third-order valence-corrected chi connectivity index (χ3v) is 7.69. The molecule has 4 nitrogen and oxygen atoms in total. The number of furan rings is 1. The van der Waals surface area contributed by atoms with Gasteiger partial charge in [0.1, 0.15) is 11.2 Å². The summed E-state index contributed by atoms with van der Waals surface area (Å²) in [5, 5.41) is 1.99. The fraction of sp³-hybridized carbons (Fsp3) is 0.125. The normalized spacial score (nSPS) is 23.5. The first-order valence-corrected chi connectivity index (χ1v) is 12.3. The molecule has 36 heavy (non-hydrogen) atoms. The van der Waals surface area contributed by atoms with E-state index in [1.54, 1.807) is 0 Å². The number of allylic oxidation sites excluding steroid dienone is 2. The van der Waals surface area contributed by atoms with Crippen molar-refractivity contribution >= 4 is 39.4 Å². The van der Waals surface area contributed by atoms with Crippen LogP contribution < -0.4 is 4.90 Å². The van der Waals surface area contributed by atoms with Gasteiger partial charge in [0.25, 0.3) is 0 Å². The molecule has 1 aliphatic carbocycles. The maximum Gasteiger partial charge on any atom is 0.238 e. The molecule has 1 aromatic heterocycles. The van der Waals surface area contributed by atoms with Crippen molar-refractivity contribution in [1.82, 2.24) is 0 Å². The molecule has 0 unspecified atom stereocenters. The van der Waals surface area contributed by atoms with Gasteiger partial charge >= 0.3 is 0 Å². The van der Waals surface area contributed by atoms with E-state index in [0.29, 0.717) is 11.3 Å². The number of hydrogen-bond donors (Lipinski definition) is 0. The summed E-state index contributed by atoms with van der Waals surface area (Å²) >= 11 is 0. The van der Waals surface area contributed by atoms with Gasteiger partial charge in [-0.1, -0.05) is 91.0 Å². The van der Waals surface area contributed by atoms with Crippen LogP contribution in [0, 0.1) is 11.8 Å². The van der Waals surface area contributed by atoms with Gasteiger partial charge < -0.3 is 4.42 Å². The fourth-order valence-corrected chi connectivity index (χ4v) is 6.04. The Labute approximate surface area is 208 Å². The highest BCUT2D eigenvalue weighted by atomic mass is 16.3. The number of rotatable bonds is 3. The third-order valence-electron chi connectivity index (χ3n) is 7.69. The average molecular weight is 470 g/mol. The molecule has 7 rings (SSSR count). The van der Waals surface area contributed by atoms with E-state index >= 15 is 0 Å². The van der Waals surface area contributed by atoms with Crippen molar-refractivity contribution in [1.29, 1.82) is 0 Å². The summed E-state index contributed by atoms with van der Waals surface area (Å²) in [6.07, 6.45) is 4.23. The van der Waals surface area contributed by atoms with Crippen LogP contribution in [-0.2, 0) is 9.59 Å². The number of nitrogens with zero attached hydrogens (tertiary/aromatic N) is 1. The quantitative estimate of drug-likeness (QED) is 0.215. The highest BCUT2D eigenvalue weighted by Gasteiger charge is 2.55. The maximum atomic E-state index is 14.1. The van der Waals surface area contributed by atoms with Crippen molar-refractivity contribution in [2.45, 2.75) is 11.8 Å². The monoisotopic (exact) mass is 469 g/mol. The number of para-hydroxylation sites is 1. The van der Waals surface area contributed by atoms with Crippen molar-refractivity contribution < 1.29 is 14.0 Å². The van der Waals surface area contributed by atoms with Crippen molar-refractivity contribution in [2.24, 2.45) is 11.8 Å². The molecule has 1 aliphatic heterocycles. The Hall–Kier alpha value is -4.44.